The second kappa shape index (κ2) is 7.12. The lowest BCUT2D eigenvalue weighted by molar-refractivity contribution is -0.142. The van der Waals surface area contributed by atoms with Gasteiger partial charge in [0, 0.05) is 19.2 Å². The number of amides is 1. The average Bonchev–Trinajstić information content (AvgIpc) is 3.05. The van der Waals surface area contributed by atoms with Gasteiger partial charge >= 0.3 is 6.18 Å². The molecule has 0 bridgehead atoms. The Morgan fingerprint density at radius 1 is 1.27 bits per heavy atom. The first-order chi connectivity index (χ1) is 12.4. The number of methoxy groups -OCH3 is 1. The number of hydrogen-bond acceptors (Lipinski definition) is 4. The molecule has 26 heavy (non-hydrogen) atoms. The minimum Gasteiger partial charge on any atom is -0.383 e. The first-order valence-corrected chi connectivity index (χ1v) is 7.70. The number of ether oxygens (including phenoxy) is 1. The molecule has 0 saturated carbocycles. The van der Waals surface area contributed by atoms with Gasteiger partial charge in [-0.25, -0.2) is 9.50 Å². The second-order valence-electron chi connectivity index (χ2n) is 5.43. The lowest BCUT2D eigenvalue weighted by Crippen LogP contribution is -2.27. The molecule has 3 rings (SSSR count). The van der Waals surface area contributed by atoms with Crippen molar-refractivity contribution in [2.45, 2.75) is 6.18 Å². The molecule has 2 aromatic heterocycles. The number of fused-ring (bicyclic) bond motifs is 1. The molecular weight excluding hydrogens is 349 g/mol. The lowest BCUT2D eigenvalue weighted by atomic mass is 10.1. The Bertz CT molecular complexity index is 923. The van der Waals surface area contributed by atoms with Crippen molar-refractivity contribution in [3.05, 3.63) is 53.9 Å². The van der Waals surface area contributed by atoms with Gasteiger partial charge in [-0.1, -0.05) is 30.3 Å². The highest BCUT2D eigenvalue weighted by molar-refractivity contribution is 5.99. The molecule has 2 heterocycles. The highest BCUT2D eigenvalue weighted by Gasteiger charge is 2.36. The molecule has 6 nitrogen and oxygen atoms in total. The number of aromatic nitrogens is 3. The number of carbonyl (C=O) groups is 1. The van der Waals surface area contributed by atoms with Crippen LogP contribution in [0.5, 0.6) is 0 Å². The Labute approximate surface area is 146 Å². The SMILES string of the molecule is COCCNC(=O)c1cnn2c(C(F)(F)F)cc(-c3ccccc3)nc12. The molecule has 0 aliphatic rings. The van der Waals surface area contributed by atoms with Gasteiger partial charge < -0.3 is 10.1 Å². The molecule has 1 aromatic carbocycles. The zero-order valence-corrected chi connectivity index (χ0v) is 13.7. The van der Waals surface area contributed by atoms with E-state index in [1.165, 1.54) is 7.11 Å². The van der Waals surface area contributed by atoms with E-state index < -0.39 is 17.8 Å². The summed E-state index contributed by atoms with van der Waals surface area (Å²) in [6.07, 6.45) is -3.57. The number of nitrogens with one attached hydrogen (secondary N) is 1. The Kier molecular flexibility index (Phi) is 4.90. The zero-order chi connectivity index (χ0) is 18.7. The van der Waals surface area contributed by atoms with Gasteiger partial charge in [-0.05, 0) is 6.07 Å². The van der Waals surface area contributed by atoms with Crippen LogP contribution in [0.25, 0.3) is 16.9 Å². The molecule has 9 heteroatoms. The fourth-order valence-corrected chi connectivity index (χ4v) is 2.44. The molecule has 0 radical (unpaired) electrons. The van der Waals surface area contributed by atoms with E-state index in [1.807, 2.05) is 0 Å². The molecule has 3 aromatic rings. The molecule has 0 atom stereocenters. The van der Waals surface area contributed by atoms with E-state index >= 15 is 0 Å². The summed E-state index contributed by atoms with van der Waals surface area (Å²) in [7, 11) is 1.48. The number of carbonyl (C=O) groups excluding carboxylic acids is 1. The topological polar surface area (TPSA) is 68.5 Å². The van der Waals surface area contributed by atoms with Gasteiger partial charge in [0.25, 0.3) is 5.91 Å². The number of nitrogens with zero attached hydrogens (tertiary/aromatic N) is 3. The number of hydrogen-bond donors (Lipinski definition) is 1. The van der Waals surface area contributed by atoms with E-state index in [4.69, 9.17) is 4.74 Å². The summed E-state index contributed by atoms with van der Waals surface area (Å²) in [6, 6.07) is 9.36. The summed E-state index contributed by atoms with van der Waals surface area (Å²) in [5.74, 6) is -0.567. The second-order valence-corrected chi connectivity index (χ2v) is 5.43. The van der Waals surface area contributed by atoms with Crippen LogP contribution >= 0.6 is 0 Å². The smallest absolute Gasteiger partial charge is 0.383 e. The molecular formula is C17H15F3N4O2. The molecule has 1 amide bonds. The highest BCUT2D eigenvalue weighted by atomic mass is 19.4. The van der Waals surface area contributed by atoms with E-state index in [1.54, 1.807) is 30.3 Å². The maximum Gasteiger partial charge on any atom is 0.433 e. The first-order valence-electron chi connectivity index (χ1n) is 7.70. The van der Waals surface area contributed by atoms with Crippen molar-refractivity contribution >= 4 is 11.6 Å². The number of halogens is 3. The average molecular weight is 364 g/mol. The van der Waals surface area contributed by atoms with Gasteiger partial charge in [0.05, 0.1) is 18.5 Å². The fraction of sp³-hybridized carbons (Fsp3) is 0.235. The van der Waals surface area contributed by atoms with Crippen molar-refractivity contribution in [2.75, 3.05) is 20.3 Å². The van der Waals surface area contributed by atoms with E-state index in [2.05, 4.69) is 15.4 Å². The summed E-state index contributed by atoms with van der Waals surface area (Å²) in [5.41, 5.74) is -0.584. The van der Waals surface area contributed by atoms with E-state index in [9.17, 15) is 18.0 Å². The normalized spacial score (nSPS) is 11.7. The van der Waals surface area contributed by atoms with Crippen LogP contribution in [0.15, 0.2) is 42.6 Å². The maximum atomic E-state index is 13.5. The van der Waals surface area contributed by atoms with Gasteiger partial charge in [-0.15, -0.1) is 0 Å². The molecule has 0 spiro atoms. The largest absolute Gasteiger partial charge is 0.433 e. The van der Waals surface area contributed by atoms with E-state index in [0.717, 1.165) is 12.3 Å². The van der Waals surface area contributed by atoms with E-state index in [-0.39, 0.29) is 30.1 Å². The number of alkyl halides is 3. The van der Waals surface area contributed by atoms with Gasteiger partial charge in [-0.3, -0.25) is 4.79 Å². The van der Waals surface area contributed by atoms with Crippen LogP contribution < -0.4 is 5.32 Å². The standard InChI is InChI=1S/C17H15F3N4O2/c1-26-8-7-21-16(25)12-10-22-24-14(17(18,19)20)9-13(23-15(12)24)11-5-3-2-4-6-11/h2-6,9-10H,7-8H2,1H3,(H,21,25). The van der Waals surface area contributed by atoms with Crippen LogP contribution in [0.3, 0.4) is 0 Å². The summed E-state index contributed by atoms with van der Waals surface area (Å²) in [4.78, 5) is 16.5. The van der Waals surface area contributed by atoms with Crippen molar-refractivity contribution in [1.82, 2.24) is 19.9 Å². The first kappa shape index (κ1) is 17.9. The molecule has 0 aliphatic carbocycles. The van der Waals surface area contributed by atoms with Crippen molar-refractivity contribution in [3.8, 4) is 11.3 Å². The maximum absolute atomic E-state index is 13.5. The molecule has 0 saturated heterocycles. The third-order valence-corrected chi connectivity index (χ3v) is 3.67. The van der Waals surface area contributed by atoms with Crippen LogP contribution in [-0.4, -0.2) is 40.8 Å². The van der Waals surface area contributed by atoms with Gasteiger partial charge in [0.15, 0.2) is 11.3 Å². The molecule has 0 unspecified atom stereocenters. The van der Waals surface area contributed by atoms with E-state index in [0.29, 0.717) is 10.1 Å². The zero-order valence-electron chi connectivity index (χ0n) is 13.7. The Morgan fingerprint density at radius 2 is 2.00 bits per heavy atom. The summed E-state index contributed by atoms with van der Waals surface area (Å²) >= 11 is 0. The third-order valence-electron chi connectivity index (χ3n) is 3.67. The Hall–Kier alpha value is -2.94. The quantitative estimate of drug-likeness (QED) is 0.707. The van der Waals surface area contributed by atoms with Crippen LogP contribution in [0.4, 0.5) is 13.2 Å². The summed E-state index contributed by atoms with van der Waals surface area (Å²) in [5, 5.41) is 6.27. The number of rotatable bonds is 5. The third kappa shape index (κ3) is 3.52. The molecule has 0 fully saturated rings. The summed E-state index contributed by atoms with van der Waals surface area (Å²) < 4.78 is 45.9. The van der Waals surface area contributed by atoms with Gasteiger partial charge in [0.2, 0.25) is 0 Å². The van der Waals surface area contributed by atoms with Crippen LogP contribution in [0.2, 0.25) is 0 Å². The van der Waals surface area contributed by atoms with Crippen molar-refractivity contribution in [1.29, 1.82) is 0 Å². The Balaban J connectivity index is 2.13. The highest BCUT2D eigenvalue weighted by Crippen LogP contribution is 2.32. The van der Waals surface area contributed by atoms with Crippen LogP contribution in [0.1, 0.15) is 16.1 Å². The minimum atomic E-state index is -4.65. The van der Waals surface area contributed by atoms with Crippen molar-refractivity contribution in [2.24, 2.45) is 0 Å². The predicted molar refractivity (Wildman–Crippen MR) is 87.6 cm³/mol. The van der Waals surface area contributed by atoms with Crippen LogP contribution in [-0.2, 0) is 10.9 Å². The number of benzene rings is 1. The molecule has 136 valence electrons. The summed E-state index contributed by atoms with van der Waals surface area (Å²) in [6.45, 7) is 0.499. The van der Waals surface area contributed by atoms with Gasteiger partial charge in [-0.2, -0.15) is 18.3 Å². The van der Waals surface area contributed by atoms with Crippen LogP contribution in [0, 0.1) is 0 Å². The Morgan fingerprint density at radius 3 is 2.65 bits per heavy atom. The predicted octanol–water partition coefficient (Wildman–Crippen LogP) is 2.79. The molecule has 1 N–H and O–H groups in total. The molecule has 0 aliphatic heterocycles. The monoisotopic (exact) mass is 364 g/mol. The van der Waals surface area contributed by atoms with Crippen molar-refractivity contribution < 1.29 is 22.7 Å². The van der Waals surface area contributed by atoms with Gasteiger partial charge in [0.1, 0.15) is 5.56 Å². The lowest BCUT2D eigenvalue weighted by Gasteiger charge is -2.11. The van der Waals surface area contributed by atoms with Crippen molar-refractivity contribution in [3.63, 3.8) is 0 Å². The fourth-order valence-electron chi connectivity index (χ4n) is 2.44. The minimum absolute atomic E-state index is 0.0376.